The van der Waals surface area contributed by atoms with E-state index in [9.17, 15) is 27.9 Å². The molecule has 0 amide bonds. The highest BCUT2D eigenvalue weighted by Crippen LogP contribution is 2.70. The lowest BCUT2D eigenvalue weighted by molar-refractivity contribution is -0.362. The Morgan fingerprint density at radius 3 is 2.37 bits per heavy atom. The number of carbonyl (C=O) groups excluding carboxylic acids is 1. The Morgan fingerprint density at radius 1 is 1.05 bits per heavy atom. The quantitative estimate of drug-likeness (QED) is 0.335. The Morgan fingerprint density at radius 2 is 1.74 bits per heavy atom. The van der Waals surface area contributed by atoms with Gasteiger partial charge in [0.2, 0.25) is 0 Å². The molecule has 9 heteroatoms. The lowest BCUT2D eigenvalue weighted by atomic mass is 9.50. The molecule has 0 aliphatic heterocycles. The molecule has 0 spiro atoms. The van der Waals surface area contributed by atoms with Crippen LogP contribution in [0, 0.1) is 17.3 Å². The average molecular weight is 537 g/mol. The van der Waals surface area contributed by atoms with E-state index in [4.69, 9.17) is 5.11 Å². The van der Waals surface area contributed by atoms with Crippen molar-refractivity contribution in [2.24, 2.45) is 17.3 Å². The Kier molecular flexibility index (Phi) is 6.25. The largest absolute Gasteiger partial charge is 0.478 e. The van der Waals surface area contributed by atoms with E-state index in [2.05, 4.69) is 0 Å². The summed E-state index contributed by atoms with van der Waals surface area (Å²) in [4.78, 5) is 23.0. The number of hydrogen-bond acceptors (Lipinski definition) is 3. The SMILES string of the molecule is C[C@]12C[C@H](c3ccc(/C=C/C(=O)O)cc3)C3=C4CCC(=O)C=C4CCC3C1CC[C@@]2(O)C(F)(F)C(F)(F)F. The molecule has 4 aliphatic rings. The summed E-state index contributed by atoms with van der Waals surface area (Å²) in [6.45, 7) is 1.39. The van der Waals surface area contributed by atoms with E-state index in [1.807, 2.05) is 0 Å². The number of aliphatic carboxylic acids is 1. The first-order valence-corrected chi connectivity index (χ1v) is 12.8. The molecule has 1 aromatic carbocycles. The van der Waals surface area contributed by atoms with Gasteiger partial charge in [-0.25, -0.2) is 4.79 Å². The molecule has 2 saturated carbocycles. The summed E-state index contributed by atoms with van der Waals surface area (Å²) < 4.78 is 70.9. The van der Waals surface area contributed by atoms with E-state index in [1.54, 1.807) is 30.3 Å². The molecule has 4 aliphatic carbocycles. The zero-order valence-electron chi connectivity index (χ0n) is 20.8. The van der Waals surface area contributed by atoms with Crippen molar-refractivity contribution < 1.29 is 41.8 Å². The molecular formula is C29H29F5O4. The van der Waals surface area contributed by atoms with Crippen LogP contribution in [0.5, 0.6) is 0 Å². The fourth-order valence-electron chi connectivity index (χ4n) is 7.72. The third kappa shape index (κ3) is 3.88. The van der Waals surface area contributed by atoms with Gasteiger partial charge in [-0.15, -0.1) is 0 Å². The number of fused-ring (bicyclic) bond motifs is 4. The number of alkyl halides is 5. The van der Waals surface area contributed by atoms with E-state index >= 15 is 8.78 Å². The fraction of sp³-hybridized carbons (Fsp3) is 0.517. The number of rotatable bonds is 4. The number of carboxylic acid groups (broad SMARTS) is 1. The van der Waals surface area contributed by atoms with Gasteiger partial charge in [0.25, 0.3) is 0 Å². The van der Waals surface area contributed by atoms with Crippen LogP contribution in [0.1, 0.15) is 68.9 Å². The van der Waals surface area contributed by atoms with Crippen molar-refractivity contribution >= 4 is 17.8 Å². The Labute approximate surface area is 216 Å². The topological polar surface area (TPSA) is 74.6 Å². The molecule has 0 heterocycles. The number of benzene rings is 1. The first-order chi connectivity index (χ1) is 17.7. The summed E-state index contributed by atoms with van der Waals surface area (Å²) >= 11 is 0. The van der Waals surface area contributed by atoms with Gasteiger partial charge < -0.3 is 10.2 Å². The van der Waals surface area contributed by atoms with Crippen LogP contribution in [0.25, 0.3) is 6.08 Å². The van der Waals surface area contributed by atoms with Crippen molar-refractivity contribution in [2.75, 3.05) is 0 Å². The second kappa shape index (κ2) is 8.86. The molecule has 2 N–H and O–H groups in total. The number of carbonyl (C=O) groups is 2. The van der Waals surface area contributed by atoms with E-state index in [-0.39, 0.29) is 24.5 Å². The van der Waals surface area contributed by atoms with E-state index in [0.29, 0.717) is 36.8 Å². The number of allylic oxidation sites excluding steroid dienone is 4. The first kappa shape index (κ1) is 26.8. The van der Waals surface area contributed by atoms with Gasteiger partial charge in [-0.2, -0.15) is 22.0 Å². The van der Waals surface area contributed by atoms with Crippen molar-refractivity contribution in [2.45, 2.75) is 75.5 Å². The smallest absolute Gasteiger partial charge is 0.456 e. The highest BCUT2D eigenvalue weighted by Gasteiger charge is 2.79. The highest BCUT2D eigenvalue weighted by atomic mass is 19.4. The minimum Gasteiger partial charge on any atom is -0.478 e. The second-order valence-electron chi connectivity index (χ2n) is 11.3. The number of hydrogen-bond donors (Lipinski definition) is 2. The summed E-state index contributed by atoms with van der Waals surface area (Å²) in [5, 5.41) is 20.2. The highest BCUT2D eigenvalue weighted by molar-refractivity contribution is 5.93. The van der Waals surface area contributed by atoms with Crippen molar-refractivity contribution in [3.63, 3.8) is 0 Å². The van der Waals surface area contributed by atoms with Crippen LogP contribution in [0.3, 0.4) is 0 Å². The number of aliphatic hydroxyl groups is 1. The van der Waals surface area contributed by atoms with Crippen LogP contribution in [0.2, 0.25) is 0 Å². The molecule has 5 rings (SSSR count). The standard InChI is InChI=1S/C29H29F5O4/c1-26-15-22(17-5-2-16(3-6-17)4-11-24(36)37)25-20-10-8-19(35)14-18(20)7-9-21(25)23(26)12-13-27(26,38)28(30,31)29(32,33)34/h2-6,11,14,21-23,38H,7-10,12-13,15H2,1H3,(H,36,37)/b11-4+/t21?,22-,23?,26+,27+/m1/s1. The van der Waals surface area contributed by atoms with Gasteiger partial charge in [0.1, 0.15) is 5.60 Å². The van der Waals surface area contributed by atoms with Gasteiger partial charge in [-0.1, -0.05) is 36.8 Å². The van der Waals surface area contributed by atoms with Gasteiger partial charge in [0, 0.05) is 23.8 Å². The van der Waals surface area contributed by atoms with Gasteiger partial charge in [0.05, 0.1) is 0 Å². The molecule has 5 atom stereocenters. The molecule has 1 aromatic rings. The monoisotopic (exact) mass is 536 g/mol. The van der Waals surface area contributed by atoms with Crippen molar-refractivity contribution in [1.82, 2.24) is 0 Å². The summed E-state index contributed by atoms with van der Waals surface area (Å²) in [7, 11) is 0. The second-order valence-corrected chi connectivity index (χ2v) is 11.3. The Bertz CT molecular complexity index is 1260. The zero-order chi connectivity index (χ0) is 27.7. The fourth-order valence-corrected chi connectivity index (χ4v) is 7.72. The average Bonchev–Trinajstić information content (AvgIpc) is 3.13. The number of ketones is 1. The number of carboxylic acids is 1. The summed E-state index contributed by atoms with van der Waals surface area (Å²) in [6, 6.07) is 6.84. The summed E-state index contributed by atoms with van der Waals surface area (Å²) in [5.41, 5.74) is -0.757. The molecule has 0 saturated heterocycles. The first-order valence-electron chi connectivity index (χ1n) is 12.8. The molecule has 0 aromatic heterocycles. The molecule has 38 heavy (non-hydrogen) atoms. The summed E-state index contributed by atoms with van der Waals surface area (Å²) in [6.07, 6.45) is -0.675. The minimum absolute atomic E-state index is 0.0228. The molecule has 2 unspecified atom stereocenters. The van der Waals surface area contributed by atoms with Crippen LogP contribution in [-0.4, -0.2) is 39.7 Å². The van der Waals surface area contributed by atoms with Crippen LogP contribution in [-0.2, 0) is 9.59 Å². The lowest BCUT2D eigenvalue weighted by Gasteiger charge is -2.56. The lowest BCUT2D eigenvalue weighted by Crippen LogP contribution is -2.65. The van der Waals surface area contributed by atoms with E-state index in [0.717, 1.165) is 22.8 Å². The Balaban J connectivity index is 1.65. The minimum atomic E-state index is -5.89. The molecule has 0 radical (unpaired) electrons. The predicted molar refractivity (Wildman–Crippen MR) is 129 cm³/mol. The molecular weight excluding hydrogens is 507 g/mol. The van der Waals surface area contributed by atoms with Crippen molar-refractivity contribution in [3.8, 4) is 0 Å². The van der Waals surface area contributed by atoms with E-state index < -0.39 is 47.3 Å². The van der Waals surface area contributed by atoms with Crippen LogP contribution in [0.15, 0.2) is 53.1 Å². The van der Waals surface area contributed by atoms with Gasteiger partial charge >= 0.3 is 18.1 Å². The molecule has 4 nitrogen and oxygen atoms in total. The van der Waals surface area contributed by atoms with Gasteiger partial charge in [-0.3, -0.25) is 4.79 Å². The Hall–Kier alpha value is -2.81. The van der Waals surface area contributed by atoms with Gasteiger partial charge in [0.15, 0.2) is 5.78 Å². The molecule has 2 fully saturated rings. The number of halogens is 5. The van der Waals surface area contributed by atoms with Crippen LogP contribution < -0.4 is 0 Å². The molecule has 0 bridgehead atoms. The maximum Gasteiger partial charge on any atom is 0.456 e. The third-order valence-electron chi connectivity index (χ3n) is 9.52. The summed E-state index contributed by atoms with van der Waals surface area (Å²) in [5.74, 6) is -7.75. The zero-order valence-corrected chi connectivity index (χ0v) is 20.8. The normalized spacial score (nSPS) is 33.6. The maximum atomic E-state index is 15.0. The van der Waals surface area contributed by atoms with Crippen LogP contribution in [0.4, 0.5) is 22.0 Å². The third-order valence-corrected chi connectivity index (χ3v) is 9.52. The molecule has 204 valence electrons. The van der Waals surface area contributed by atoms with Crippen molar-refractivity contribution in [3.05, 3.63) is 64.3 Å². The van der Waals surface area contributed by atoms with Crippen LogP contribution >= 0.6 is 0 Å². The van der Waals surface area contributed by atoms with Gasteiger partial charge in [-0.05, 0) is 84.8 Å². The predicted octanol–water partition coefficient (Wildman–Crippen LogP) is 6.61. The van der Waals surface area contributed by atoms with E-state index in [1.165, 1.54) is 13.0 Å². The van der Waals surface area contributed by atoms with Crippen molar-refractivity contribution in [1.29, 1.82) is 0 Å². The maximum absolute atomic E-state index is 15.0.